The average molecular weight is 394 g/mol. The molecular formula is C21H25F3N2O2. The quantitative estimate of drug-likeness (QED) is 0.687. The lowest BCUT2D eigenvalue weighted by Gasteiger charge is -2.27. The predicted octanol–water partition coefficient (Wildman–Crippen LogP) is 4.00. The molecule has 1 N–H and O–H groups in total. The number of hydrogen-bond donors (Lipinski definition) is 1. The van der Waals surface area contributed by atoms with Crippen LogP contribution in [0.5, 0.6) is 11.5 Å². The summed E-state index contributed by atoms with van der Waals surface area (Å²) in [5, 5.41) is 3.35. The Labute approximate surface area is 163 Å². The van der Waals surface area contributed by atoms with Gasteiger partial charge in [-0.15, -0.1) is 13.2 Å². The molecule has 1 aliphatic rings. The van der Waals surface area contributed by atoms with Crippen molar-refractivity contribution < 1.29 is 22.6 Å². The van der Waals surface area contributed by atoms with Gasteiger partial charge in [-0.2, -0.15) is 0 Å². The van der Waals surface area contributed by atoms with Crippen molar-refractivity contribution >= 4 is 0 Å². The van der Waals surface area contributed by atoms with Gasteiger partial charge < -0.3 is 14.8 Å². The summed E-state index contributed by atoms with van der Waals surface area (Å²) in [6, 6.07) is 14.1. The van der Waals surface area contributed by atoms with Crippen molar-refractivity contribution in [3.8, 4) is 11.5 Å². The van der Waals surface area contributed by atoms with E-state index < -0.39 is 6.36 Å². The maximum Gasteiger partial charge on any atom is 0.573 e. The molecule has 0 aliphatic carbocycles. The Morgan fingerprint density at radius 2 is 1.46 bits per heavy atom. The van der Waals surface area contributed by atoms with Crippen LogP contribution in [0.4, 0.5) is 13.2 Å². The first-order valence-electron chi connectivity index (χ1n) is 9.47. The standard InChI is InChI=1S/C21H25F3N2O2/c22-21(23,24)28-20-9-3-17(4-10-20)2-1-15-27-19-7-5-18(6-8-19)16-26-13-11-25-12-14-26/h3-10,25H,1-2,11-16H2. The molecule has 0 spiro atoms. The normalized spacial score (nSPS) is 15.4. The molecule has 0 saturated carbocycles. The van der Waals surface area contributed by atoms with E-state index in [0.29, 0.717) is 6.61 Å². The number of piperazine rings is 1. The first-order chi connectivity index (χ1) is 13.5. The molecule has 0 atom stereocenters. The topological polar surface area (TPSA) is 33.7 Å². The van der Waals surface area contributed by atoms with Crippen LogP contribution in [0.2, 0.25) is 0 Å². The Bertz CT molecular complexity index is 712. The molecule has 4 nitrogen and oxygen atoms in total. The summed E-state index contributed by atoms with van der Waals surface area (Å²) in [6.45, 7) is 5.73. The minimum absolute atomic E-state index is 0.201. The van der Waals surface area contributed by atoms with E-state index in [9.17, 15) is 13.2 Å². The molecule has 0 amide bonds. The largest absolute Gasteiger partial charge is 0.573 e. The number of benzene rings is 2. The van der Waals surface area contributed by atoms with E-state index in [1.807, 2.05) is 12.1 Å². The Balaban J connectivity index is 1.36. The highest BCUT2D eigenvalue weighted by molar-refractivity contribution is 5.28. The minimum Gasteiger partial charge on any atom is -0.494 e. The van der Waals surface area contributed by atoms with Gasteiger partial charge in [0.15, 0.2) is 0 Å². The highest BCUT2D eigenvalue weighted by Crippen LogP contribution is 2.23. The molecule has 2 aromatic rings. The summed E-state index contributed by atoms with van der Waals surface area (Å²) in [5.41, 5.74) is 2.22. The fourth-order valence-corrected chi connectivity index (χ4v) is 3.14. The lowest BCUT2D eigenvalue weighted by atomic mass is 10.1. The summed E-state index contributed by atoms with van der Waals surface area (Å²) in [7, 11) is 0. The maximum atomic E-state index is 12.2. The SMILES string of the molecule is FC(F)(F)Oc1ccc(CCCOc2ccc(CN3CCNCC3)cc2)cc1. The molecule has 152 valence electrons. The highest BCUT2D eigenvalue weighted by Gasteiger charge is 2.30. The minimum atomic E-state index is -4.66. The van der Waals surface area contributed by atoms with Gasteiger partial charge in [0.05, 0.1) is 6.61 Å². The van der Waals surface area contributed by atoms with Crippen LogP contribution in [-0.2, 0) is 13.0 Å². The van der Waals surface area contributed by atoms with Crippen molar-refractivity contribution in [3.05, 3.63) is 59.7 Å². The Kier molecular flexibility index (Phi) is 7.17. The van der Waals surface area contributed by atoms with Gasteiger partial charge in [0.1, 0.15) is 11.5 Å². The number of nitrogens with one attached hydrogen (secondary N) is 1. The zero-order valence-electron chi connectivity index (χ0n) is 15.7. The number of rotatable bonds is 8. The third kappa shape index (κ3) is 7.05. The van der Waals surface area contributed by atoms with Crippen molar-refractivity contribution in [2.24, 2.45) is 0 Å². The van der Waals surface area contributed by atoms with Gasteiger partial charge in [-0.25, -0.2) is 0 Å². The Morgan fingerprint density at radius 3 is 2.11 bits per heavy atom. The Hall–Kier alpha value is -2.25. The van der Waals surface area contributed by atoms with E-state index in [1.165, 1.54) is 17.7 Å². The highest BCUT2D eigenvalue weighted by atomic mass is 19.4. The van der Waals surface area contributed by atoms with E-state index in [1.54, 1.807) is 12.1 Å². The lowest BCUT2D eigenvalue weighted by molar-refractivity contribution is -0.274. The molecule has 0 aromatic heterocycles. The second-order valence-corrected chi connectivity index (χ2v) is 6.81. The molecule has 0 unspecified atom stereocenters. The van der Waals surface area contributed by atoms with E-state index in [2.05, 4.69) is 27.1 Å². The molecule has 7 heteroatoms. The van der Waals surface area contributed by atoms with Crippen molar-refractivity contribution in [1.82, 2.24) is 10.2 Å². The van der Waals surface area contributed by atoms with Gasteiger partial charge in [0, 0.05) is 32.7 Å². The first kappa shape index (κ1) is 20.5. The zero-order valence-corrected chi connectivity index (χ0v) is 15.7. The van der Waals surface area contributed by atoms with E-state index in [4.69, 9.17) is 4.74 Å². The fourth-order valence-electron chi connectivity index (χ4n) is 3.14. The van der Waals surface area contributed by atoms with Gasteiger partial charge in [0.2, 0.25) is 0 Å². The summed E-state index contributed by atoms with van der Waals surface area (Å²) < 4.78 is 46.1. The van der Waals surface area contributed by atoms with Crippen molar-refractivity contribution in [2.75, 3.05) is 32.8 Å². The monoisotopic (exact) mass is 394 g/mol. The molecule has 2 aromatic carbocycles. The molecule has 0 bridgehead atoms. The van der Waals surface area contributed by atoms with Crippen molar-refractivity contribution in [3.63, 3.8) is 0 Å². The number of aryl methyl sites for hydroxylation is 1. The summed E-state index contributed by atoms with van der Waals surface area (Å²) in [6.07, 6.45) is -3.15. The van der Waals surface area contributed by atoms with E-state index in [0.717, 1.165) is 56.9 Å². The van der Waals surface area contributed by atoms with Crippen LogP contribution in [0.1, 0.15) is 17.5 Å². The maximum absolute atomic E-state index is 12.2. The number of ether oxygens (including phenoxy) is 2. The fraction of sp³-hybridized carbons (Fsp3) is 0.429. The molecule has 1 saturated heterocycles. The van der Waals surface area contributed by atoms with Crippen LogP contribution in [0.3, 0.4) is 0 Å². The first-order valence-corrected chi connectivity index (χ1v) is 9.47. The molecular weight excluding hydrogens is 369 g/mol. The molecule has 28 heavy (non-hydrogen) atoms. The van der Waals surface area contributed by atoms with Crippen molar-refractivity contribution in [2.45, 2.75) is 25.7 Å². The summed E-state index contributed by atoms with van der Waals surface area (Å²) >= 11 is 0. The summed E-state index contributed by atoms with van der Waals surface area (Å²) in [5.74, 6) is 0.631. The predicted molar refractivity (Wildman–Crippen MR) is 102 cm³/mol. The third-order valence-corrected chi connectivity index (χ3v) is 4.57. The van der Waals surface area contributed by atoms with E-state index >= 15 is 0 Å². The number of hydrogen-bond acceptors (Lipinski definition) is 4. The van der Waals surface area contributed by atoms with Gasteiger partial charge >= 0.3 is 6.36 Å². The van der Waals surface area contributed by atoms with Gasteiger partial charge in [-0.1, -0.05) is 24.3 Å². The van der Waals surface area contributed by atoms with Crippen LogP contribution in [0.15, 0.2) is 48.5 Å². The van der Waals surface area contributed by atoms with Crippen LogP contribution in [0, 0.1) is 0 Å². The number of nitrogens with zero attached hydrogens (tertiary/aromatic N) is 1. The Morgan fingerprint density at radius 1 is 0.857 bits per heavy atom. The third-order valence-electron chi connectivity index (χ3n) is 4.57. The van der Waals surface area contributed by atoms with Crippen LogP contribution in [-0.4, -0.2) is 44.0 Å². The van der Waals surface area contributed by atoms with Gasteiger partial charge in [-0.05, 0) is 48.2 Å². The van der Waals surface area contributed by atoms with E-state index in [-0.39, 0.29) is 5.75 Å². The smallest absolute Gasteiger partial charge is 0.494 e. The van der Waals surface area contributed by atoms with Crippen LogP contribution >= 0.6 is 0 Å². The second kappa shape index (κ2) is 9.80. The number of alkyl halides is 3. The summed E-state index contributed by atoms with van der Waals surface area (Å²) in [4.78, 5) is 2.43. The number of halogens is 3. The molecule has 0 radical (unpaired) electrons. The lowest BCUT2D eigenvalue weighted by Crippen LogP contribution is -2.42. The molecule has 1 heterocycles. The zero-order chi connectivity index (χ0) is 19.8. The second-order valence-electron chi connectivity index (χ2n) is 6.81. The average Bonchev–Trinajstić information content (AvgIpc) is 2.67. The van der Waals surface area contributed by atoms with Gasteiger partial charge in [-0.3, -0.25) is 4.90 Å². The van der Waals surface area contributed by atoms with Crippen LogP contribution < -0.4 is 14.8 Å². The van der Waals surface area contributed by atoms with Crippen LogP contribution in [0.25, 0.3) is 0 Å². The molecule has 3 rings (SSSR count). The van der Waals surface area contributed by atoms with Crippen molar-refractivity contribution in [1.29, 1.82) is 0 Å². The molecule has 1 fully saturated rings. The molecule has 1 aliphatic heterocycles. The van der Waals surface area contributed by atoms with Gasteiger partial charge in [0.25, 0.3) is 0 Å².